The van der Waals surface area contributed by atoms with Crippen molar-refractivity contribution in [1.82, 2.24) is 4.90 Å². The molecule has 1 saturated carbocycles. The van der Waals surface area contributed by atoms with Crippen LogP contribution in [0.3, 0.4) is 0 Å². The van der Waals surface area contributed by atoms with E-state index in [0.29, 0.717) is 11.7 Å². The highest BCUT2D eigenvalue weighted by Gasteiger charge is 2.34. The summed E-state index contributed by atoms with van der Waals surface area (Å²) in [5.41, 5.74) is -1.22. The van der Waals surface area contributed by atoms with Crippen molar-refractivity contribution < 1.29 is 13.2 Å². The van der Waals surface area contributed by atoms with Gasteiger partial charge in [0.25, 0.3) is 10.9 Å². The predicted molar refractivity (Wildman–Crippen MR) is 111 cm³/mol. The number of piperidine rings is 1. The van der Waals surface area contributed by atoms with Crippen LogP contribution >= 0.6 is 0 Å². The number of anilines is 3. The predicted octanol–water partition coefficient (Wildman–Crippen LogP) is 4.25. The van der Waals surface area contributed by atoms with Crippen LogP contribution in [0.2, 0.25) is 0 Å². The Morgan fingerprint density at radius 1 is 0.833 bits per heavy atom. The second-order valence-electron chi connectivity index (χ2n) is 8.31. The normalized spacial score (nSPS) is 23.4. The molecule has 0 unspecified atom stereocenters. The summed E-state index contributed by atoms with van der Waals surface area (Å²) >= 11 is 0. The summed E-state index contributed by atoms with van der Waals surface area (Å²) in [7, 11) is 0. The highest BCUT2D eigenvalue weighted by atomic mass is 19.4. The highest BCUT2D eigenvalue weighted by molar-refractivity contribution is 5.79. The summed E-state index contributed by atoms with van der Waals surface area (Å²) in [6.07, 6.45) is 3.42. The third kappa shape index (κ3) is 4.24. The van der Waals surface area contributed by atoms with Gasteiger partial charge < -0.3 is 10.6 Å². The van der Waals surface area contributed by atoms with Crippen LogP contribution in [0.25, 0.3) is 0 Å². The van der Waals surface area contributed by atoms with Gasteiger partial charge in [-0.15, -0.1) is 0 Å². The molecular formula is C22H26F3N3O2. The number of rotatable bonds is 5. The van der Waals surface area contributed by atoms with Crippen molar-refractivity contribution in [2.75, 3.05) is 23.7 Å². The molecule has 2 fully saturated rings. The number of likely N-dealkylation sites (tertiary alicyclic amines) is 1. The van der Waals surface area contributed by atoms with Crippen molar-refractivity contribution >= 4 is 17.1 Å². The molecule has 2 aromatic rings. The van der Waals surface area contributed by atoms with E-state index in [2.05, 4.69) is 15.5 Å². The molecule has 0 bridgehead atoms. The zero-order valence-electron chi connectivity index (χ0n) is 16.7. The first-order valence-electron chi connectivity index (χ1n) is 10.6. The van der Waals surface area contributed by atoms with Crippen LogP contribution in [0.4, 0.5) is 30.2 Å². The standard InChI is InChI=1S/C22H26F3N3O2/c23-22(24,25)14-8-10-15(11-9-14)26-18-19(21(30)20(18)29)27-16-6-2-3-7-17(16)28-12-4-1-5-13-28/h8-11,16-17,26-27H,1-7,12-13H2/t16-,17-/m0/s1. The van der Waals surface area contributed by atoms with Gasteiger partial charge in [-0.3, -0.25) is 14.5 Å². The first kappa shape index (κ1) is 20.9. The number of alkyl halides is 3. The van der Waals surface area contributed by atoms with Crippen molar-refractivity contribution in [2.24, 2.45) is 0 Å². The summed E-state index contributed by atoms with van der Waals surface area (Å²) in [5.74, 6) is 0. The van der Waals surface area contributed by atoms with E-state index in [1.54, 1.807) is 0 Å². The first-order chi connectivity index (χ1) is 14.3. The highest BCUT2D eigenvalue weighted by Crippen LogP contribution is 2.32. The van der Waals surface area contributed by atoms with E-state index in [1.807, 2.05) is 0 Å². The number of nitrogens with zero attached hydrogens (tertiary/aromatic N) is 1. The number of hydrogen-bond donors (Lipinski definition) is 2. The van der Waals surface area contributed by atoms with Crippen LogP contribution in [0.5, 0.6) is 0 Å². The fraction of sp³-hybridized carbons (Fsp3) is 0.545. The molecule has 0 radical (unpaired) electrons. The van der Waals surface area contributed by atoms with Crippen molar-refractivity contribution in [3.63, 3.8) is 0 Å². The Bertz CT molecular complexity index is 942. The zero-order valence-corrected chi connectivity index (χ0v) is 16.7. The number of nitrogens with one attached hydrogen (secondary N) is 2. The molecular weight excluding hydrogens is 395 g/mol. The molecule has 5 nitrogen and oxygen atoms in total. The molecule has 4 rings (SSSR count). The molecule has 2 aliphatic rings. The topological polar surface area (TPSA) is 61.4 Å². The Morgan fingerprint density at radius 2 is 1.47 bits per heavy atom. The molecule has 8 heteroatoms. The molecule has 1 aliphatic heterocycles. The lowest BCUT2D eigenvalue weighted by molar-refractivity contribution is -0.137. The SMILES string of the molecule is O=c1c(Nc2ccc(C(F)(F)F)cc2)c(N[C@H]2CCCC[C@@H]2N2CCCCC2)c1=O. The van der Waals surface area contributed by atoms with Crippen LogP contribution in [-0.2, 0) is 6.18 Å². The molecule has 162 valence electrons. The minimum atomic E-state index is -4.42. The van der Waals surface area contributed by atoms with Crippen LogP contribution < -0.4 is 21.5 Å². The fourth-order valence-corrected chi connectivity index (χ4v) is 4.69. The molecule has 0 aromatic heterocycles. The van der Waals surface area contributed by atoms with Gasteiger partial charge in [-0.2, -0.15) is 13.2 Å². The maximum atomic E-state index is 12.7. The Balaban J connectivity index is 1.49. The molecule has 0 spiro atoms. The molecule has 1 saturated heterocycles. The van der Waals surface area contributed by atoms with Crippen LogP contribution in [0.1, 0.15) is 50.5 Å². The van der Waals surface area contributed by atoms with E-state index in [0.717, 1.165) is 50.9 Å². The Morgan fingerprint density at radius 3 is 2.13 bits per heavy atom. The molecule has 2 atom stereocenters. The Hall–Kier alpha value is -2.35. The van der Waals surface area contributed by atoms with Crippen LogP contribution in [-0.4, -0.2) is 30.1 Å². The van der Waals surface area contributed by atoms with Gasteiger partial charge in [0.1, 0.15) is 11.4 Å². The first-order valence-corrected chi connectivity index (χ1v) is 10.6. The second-order valence-corrected chi connectivity index (χ2v) is 8.31. The summed E-state index contributed by atoms with van der Waals surface area (Å²) in [5, 5.41) is 6.15. The van der Waals surface area contributed by atoms with Crippen molar-refractivity contribution in [2.45, 2.75) is 63.2 Å². The summed E-state index contributed by atoms with van der Waals surface area (Å²) in [4.78, 5) is 26.9. The van der Waals surface area contributed by atoms with Gasteiger partial charge in [0, 0.05) is 17.8 Å². The lowest BCUT2D eigenvalue weighted by Gasteiger charge is -2.42. The summed E-state index contributed by atoms with van der Waals surface area (Å²) in [6, 6.07) is 4.86. The Labute approximate surface area is 173 Å². The van der Waals surface area contributed by atoms with Gasteiger partial charge in [-0.05, 0) is 63.0 Å². The molecule has 2 aromatic carbocycles. The van der Waals surface area contributed by atoms with E-state index in [1.165, 1.54) is 31.4 Å². The van der Waals surface area contributed by atoms with E-state index in [-0.39, 0.29) is 17.4 Å². The van der Waals surface area contributed by atoms with E-state index >= 15 is 0 Å². The largest absolute Gasteiger partial charge is 0.416 e. The monoisotopic (exact) mass is 421 g/mol. The molecule has 0 amide bonds. The number of halogens is 3. The van der Waals surface area contributed by atoms with Gasteiger partial charge >= 0.3 is 6.18 Å². The Kier molecular flexibility index (Phi) is 5.86. The minimum absolute atomic E-state index is 0.0910. The number of hydrogen-bond acceptors (Lipinski definition) is 5. The van der Waals surface area contributed by atoms with Crippen LogP contribution in [0, 0.1) is 0 Å². The lowest BCUT2D eigenvalue weighted by atomic mass is 9.87. The smallest absolute Gasteiger partial charge is 0.376 e. The quantitative estimate of drug-likeness (QED) is 0.707. The van der Waals surface area contributed by atoms with E-state index in [9.17, 15) is 22.8 Å². The molecule has 30 heavy (non-hydrogen) atoms. The lowest BCUT2D eigenvalue weighted by Crippen LogP contribution is -2.52. The second kappa shape index (κ2) is 8.41. The average Bonchev–Trinajstić information content (AvgIpc) is 2.76. The van der Waals surface area contributed by atoms with Gasteiger partial charge in [0.2, 0.25) is 0 Å². The minimum Gasteiger partial charge on any atom is -0.376 e. The van der Waals surface area contributed by atoms with Gasteiger partial charge in [0.05, 0.1) is 5.56 Å². The fourth-order valence-electron chi connectivity index (χ4n) is 4.69. The average molecular weight is 421 g/mol. The van der Waals surface area contributed by atoms with Gasteiger partial charge in [-0.1, -0.05) is 19.3 Å². The van der Waals surface area contributed by atoms with Crippen molar-refractivity contribution in [1.29, 1.82) is 0 Å². The van der Waals surface area contributed by atoms with E-state index < -0.39 is 22.6 Å². The third-order valence-corrected chi connectivity index (χ3v) is 6.31. The maximum Gasteiger partial charge on any atom is 0.416 e. The van der Waals surface area contributed by atoms with Crippen LogP contribution in [0.15, 0.2) is 33.9 Å². The molecule has 1 heterocycles. The van der Waals surface area contributed by atoms with Crippen molar-refractivity contribution in [3.8, 4) is 0 Å². The van der Waals surface area contributed by atoms with Gasteiger partial charge in [-0.25, -0.2) is 0 Å². The van der Waals surface area contributed by atoms with Crippen molar-refractivity contribution in [3.05, 3.63) is 50.3 Å². The summed E-state index contributed by atoms with van der Waals surface area (Å²) in [6.45, 7) is 2.12. The number of benzene rings is 1. The zero-order chi connectivity index (χ0) is 21.3. The summed E-state index contributed by atoms with van der Waals surface area (Å²) < 4.78 is 38.2. The molecule has 2 N–H and O–H groups in total. The van der Waals surface area contributed by atoms with Gasteiger partial charge in [0.15, 0.2) is 0 Å². The van der Waals surface area contributed by atoms with E-state index in [4.69, 9.17) is 0 Å². The maximum absolute atomic E-state index is 12.7. The third-order valence-electron chi connectivity index (χ3n) is 6.31. The molecule has 1 aliphatic carbocycles.